The van der Waals surface area contributed by atoms with E-state index in [1.165, 1.54) is 7.11 Å². The quantitative estimate of drug-likeness (QED) is 0.0681. The summed E-state index contributed by atoms with van der Waals surface area (Å²) in [5.41, 5.74) is 11.5. The van der Waals surface area contributed by atoms with E-state index in [1.807, 2.05) is 56.4 Å². The van der Waals surface area contributed by atoms with Gasteiger partial charge in [-0.1, -0.05) is 24.3 Å². The number of carbonyl (C=O) groups excluding carboxylic acids is 2. The molecule has 2 heterocycles. The molecular weight excluding hydrogens is 648 g/mol. The van der Waals surface area contributed by atoms with Crippen LogP contribution in [-0.4, -0.2) is 92.8 Å². The van der Waals surface area contributed by atoms with Crippen LogP contribution in [0.3, 0.4) is 0 Å². The number of rotatable bonds is 19. The first-order valence-corrected chi connectivity index (χ1v) is 16.7. The van der Waals surface area contributed by atoms with Crippen LogP contribution in [0.1, 0.15) is 61.8 Å². The summed E-state index contributed by atoms with van der Waals surface area (Å²) in [4.78, 5) is 41.7. The number of nitrogens with zero attached hydrogens (tertiary/aromatic N) is 1. The Hall–Kier alpha value is -4.34. The number of aromatic nitrogens is 2. The molecule has 0 saturated heterocycles. The molecule has 4 aromatic rings. The van der Waals surface area contributed by atoms with E-state index in [2.05, 4.69) is 9.97 Å². The third-order valence-electron chi connectivity index (χ3n) is 8.19. The molecule has 0 spiro atoms. The fraction of sp³-hybridized carbons (Fsp3) is 0.500. The van der Waals surface area contributed by atoms with E-state index in [0.29, 0.717) is 45.2 Å². The van der Waals surface area contributed by atoms with Crippen LogP contribution in [-0.2, 0) is 51.2 Å². The van der Waals surface area contributed by atoms with E-state index >= 15 is 0 Å². The van der Waals surface area contributed by atoms with Gasteiger partial charge in [0.1, 0.15) is 6.04 Å². The Morgan fingerprint density at radius 1 is 0.740 bits per heavy atom. The van der Waals surface area contributed by atoms with Gasteiger partial charge in [-0.3, -0.25) is 14.9 Å². The van der Waals surface area contributed by atoms with Crippen molar-refractivity contribution in [3.8, 4) is 0 Å². The van der Waals surface area contributed by atoms with E-state index in [-0.39, 0.29) is 19.1 Å². The molecule has 0 radical (unpaired) electrons. The fourth-order valence-corrected chi connectivity index (χ4v) is 5.95. The number of fused-ring (bicyclic) bond motifs is 2. The molecule has 0 bridgehead atoms. The zero-order valence-electron chi connectivity index (χ0n) is 29.7. The lowest BCUT2D eigenvalue weighted by atomic mass is 9.90. The maximum atomic E-state index is 12.2. The van der Waals surface area contributed by atoms with Gasteiger partial charge in [-0.2, -0.15) is 0 Å². The number of H-pyrrole nitrogens is 2. The van der Waals surface area contributed by atoms with Crippen molar-refractivity contribution in [1.82, 2.24) is 9.97 Å². The lowest BCUT2D eigenvalue weighted by Gasteiger charge is -2.22. The van der Waals surface area contributed by atoms with Gasteiger partial charge in [-0.25, -0.2) is 4.79 Å². The molecule has 0 amide bonds. The molecule has 2 aromatic carbocycles. The van der Waals surface area contributed by atoms with Gasteiger partial charge in [-0.15, -0.1) is 0 Å². The van der Waals surface area contributed by atoms with Crippen molar-refractivity contribution in [3.05, 3.63) is 81.2 Å². The summed E-state index contributed by atoms with van der Waals surface area (Å²) < 4.78 is 31.6. The van der Waals surface area contributed by atoms with Crippen LogP contribution in [0.4, 0.5) is 0 Å². The van der Waals surface area contributed by atoms with E-state index < -0.39 is 34.9 Å². The molecule has 0 aliphatic carbocycles. The Morgan fingerprint density at radius 3 is 1.64 bits per heavy atom. The number of carbonyl (C=O) groups is 2. The van der Waals surface area contributed by atoms with Crippen molar-refractivity contribution < 1.29 is 42.9 Å². The highest BCUT2D eigenvalue weighted by Crippen LogP contribution is 2.33. The molecule has 2 aromatic heterocycles. The standard InChI is InChI=1S/C18H24N2O6.C18H26N2O4/c1-4-25-10-12-7-6-8-15-16(12)13(9-19-15)14(11-24-3)17(20(22)23)18(21)26-5-2;1-4-23-10-12-7-6-8-15-16(12)13(9-20-15)14(11-22-3)17(19)18(21)24-5-2/h6-9,14,17,19H,4-5,10-11H2,1-3H3;6-9,14,17,20H,4-5,10-11,19H2,1-3H3. The SMILES string of the molecule is CCOCc1cccc2[nH]cc(C(COC)C(C(=O)OCC)[N+](=O)[O-])c12.CCOCc1cccc2[nH]cc(C(COC)C(N)C(=O)OCC)c12. The highest BCUT2D eigenvalue weighted by atomic mass is 16.6. The van der Waals surface area contributed by atoms with Crippen molar-refractivity contribution in [1.29, 1.82) is 0 Å². The predicted molar refractivity (Wildman–Crippen MR) is 189 cm³/mol. The molecule has 0 fully saturated rings. The molecule has 0 aliphatic rings. The van der Waals surface area contributed by atoms with Gasteiger partial charge < -0.3 is 44.1 Å². The van der Waals surface area contributed by atoms with E-state index in [1.54, 1.807) is 27.2 Å². The van der Waals surface area contributed by atoms with Crippen LogP contribution in [0.2, 0.25) is 0 Å². The second-order valence-corrected chi connectivity index (χ2v) is 11.3. The summed E-state index contributed by atoms with van der Waals surface area (Å²) in [7, 11) is 3.05. The number of benzene rings is 2. The van der Waals surface area contributed by atoms with Crippen molar-refractivity contribution in [3.63, 3.8) is 0 Å². The highest BCUT2D eigenvalue weighted by Gasteiger charge is 2.42. The number of nitrogens with one attached hydrogen (secondary N) is 2. The summed E-state index contributed by atoms with van der Waals surface area (Å²) in [6.45, 7) is 10.0. The average molecular weight is 699 g/mol. The lowest BCUT2D eigenvalue weighted by molar-refractivity contribution is -0.515. The highest BCUT2D eigenvalue weighted by molar-refractivity contribution is 5.89. The second kappa shape index (κ2) is 20.4. The van der Waals surface area contributed by atoms with Crippen LogP contribution in [0.15, 0.2) is 48.8 Å². The summed E-state index contributed by atoms with van der Waals surface area (Å²) in [6.07, 6.45) is 3.59. The normalized spacial score (nSPS) is 13.7. The second-order valence-electron chi connectivity index (χ2n) is 11.3. The minimum atomic E-state index is -1.55. The van der Waals surface area contributed by atoms with Gasteiger partial charge in [-0.05, 0) is 62.1 Å². The maximum absolute atomic E-state index is 12.2. The zero-order valence-corrected chi connectivity index (χ0v) is 29.7. The van der Waals surface area contributed by atoms with Crippen LogP contribution in [0.25, 0.3) is 21.8 Å². The number of methoxy groups -OCH3 is 2. The Kier molecular flexibility index (Phi) is 16.3. The number of hydrogen-bond donors (Lipinski definition) is 3. The minimum Gasteiger partial charge on any atom is -0.465 e. The van der Waals surface area contributed by atoms with Gasteiger partial charge in [0.25, 0.3) is 0 Å². The van der Waals surface area contributed by atoms with Gasteiger partial charge >= 0.3 is 18.0 Å². The molecule has 0 saturated carbocycles. The molecule has 4 rings (SSSR count). The predicted octanol–water partition coefficient (Wildman–Crippen LogP) is 4.97. The molecule has 4 unspecified atom stereocenters. The van der Waals surface area contributed by atoms with Crippen LogP contribution in [0, 0.1) is 10.1 Å². The zero-order chi connectivity index (χ0) is 36.6. The molecule has 4 atom stereocenters. The van der Waals surface area contributed by atoms with Gasteiger partial charge in [0.15, 0.2) is 0 Å². The van der Waals surface area contributed by atoms with E-state index in [0.717, 1.165) is 38.5 Å². The average Bonchev–Trinajstić information content (AvgIpc) is 3.74. The molecule has 274 valence electrons. The van der Waals surface area contributed by atoms with Gasteiger partial charge in [0.05, 0.1) is 45.6 Å². The summed E-state index contributed by atoms with van der Waals surface area (Å²) in [6, 6.07) is 9.34. The van der Waals surface area contributed by atoms with E-state index in [9.17, 15) is 19.7 Å². The van der Waals surface area contributed by atoms with Crippen molar-refractivity contribution >= 4 is 33.7 Å². The number of nitro groups is 1. The minimum absolute atomic E-state index is 0.0143. The van der Waals surface area contributed by atoms with Crippen molar-refractivity contribution in [2.75, 3.05) is 53.9 Å². The lowest BCUT2D eigenvalue weighted by Crippen LogP contribution is -2.40. The van der Waals surface area contributed by atoms with Crippen LogP contribution >= 0.6 is 0 Å². The van der Waals surface area contributed by atoms with E-state index in [4.69, 9.17) is 34.2 Å². The topological polar surface area (TPSA) is 190 Å². The molecule has 4 N–H and O–H groups in total. The Morgan fingerprint density at radius 2 is 1.20 bits per heavy atom. The number of ether oxygens (including phenoxy) is 6. The molecule has 0 aliphatic heterocycles. The smallest absolute Gasteiger partial charge is 0.382 e. The molecule has 50 heavy (non-hydrogen) atoms. The van der Waals surface area contributed by atoms with Crippen molar-refractivity contribution in [2.24, 2.45) is 5.73 Å². The third kappa shape index (κ3) is 9.88. The summed E-state index contributed by atoms with van der Waals surface area (Å²) in [5.74, 6) is -2.37. The molecule has 14 heteroatoms. The first-order chi connectivity index (χ1) is 24.2. The summed E-state index contributed by atoms with van der Waals surface area (Å²) in [5, 5.41) is 13.5. The number of hydrogen-bond acceptors (Lipinski definition) is 11. The van der Waals surface area contributed by atoms with Crippen LogP contribution < -0.4 is 5.73 Å². The van der Waals surface area contributed by atoms with Gasteiger partial charge in [0.2, 0.25) is 0 Å². The molecular formula is C36H50N4O10. The first kappa shape index (κ1) is 40.1. The fourth-order valence-electron chi connectivity index (χ4n) is 5.95. The Bertz CT molecular complexity index is 1670. The number of aromatic amines is 2. The number of esters is 2. The van der Waals surface area contributed by atoms with Gasteiger partial charge in [0, 0.05) is 72.5 Å². The first-order valence-electron chi connectivity index (χ1n) is 16.7. The number of nitrogens with two attached hydrogens (primary N) is 1. The van der Waals surface area contributed by atoms with Crippen molar-refractivity contribution in [2.45, 2.75) is 64.8 Å². The summed E-state index contributed by atoms with van der Waals surface area (Å²) >= 11 is 0. The Labute approximate surface area is 292 Å². The Balaban J connectivity index is 0.000000271. The maximum Gasteiger partial charge on any atom is 0.382 e. The van der Waals surface area contributed by atoms with Crippen LogP contribution in [0.5, 0.6) is 0 Å². The largest absolute Gasteiger partial charge is 0.465 e. The third-order valence-corrected chi connectivity index (χ3v) is 8.19. The monoisotopic (exact) mass is 698 g/mol. The molecule has 14 nitrogen and oxygen atoms in total.